The van der Waals surface area contributed by atoms with E-state index in [-0.39, 0.29) is 16.6 Å². The molecule has 2 N–H and O–H groups in total. The molecule has 0 spiro atoms. The molecule has 3 heteroatoms. The molecule has 3 fully saturated rings. The second kappa shape index (κ2) is 6.42. The van der Waals surface area contributed by atoms with Crippen LogP contribution in [0.1, 0.15) is 65.2 Å². The fourth-order valence-electron chi connectivity index (χ4n) is 7.38. The minimum Gasteiger partial charge on any atom is -0.368 e. The lowest BCUT2D eigenvalue weighted by Gasteiger charge is -2.59. The fourth-order valence-corrected chi connectivity index (χ4v) is 7.38. The predicted octanol–water partition coefficient (Wildman–Crippen LogP) is 4.56. The second-order valence-electron chi connectivity index (χ2n) is 10.1. The topological polar surface area (TPSA) is 57.5 Å². The molecule has 27 heavy (non-hydrogen) atoms. The van der Waals surface area contributed by atoms with E-state index < -0.39 is 6.29 Å². The van der Waals surface area contributed by atoms with Gasteiger partial charge in [-0.3, -0.25) is 4.79 Å². The Hall–Kier alpha value is -1.19. The van der Waals surface area contributed by atoms with E-state index in [0.717, 1.165) is 29.6 Å². The van der Waals surface area contributed by atoms with Crippen LogP contribution >= 0.6 is 0 Å². The number of aliphatic hydroxyl groups is 2. The van der Waals surface area contributed by atoms with Crippen molar-refractivity contribution in [2.75, 3.05) is 0 Å². The summed E-state index contributed by atoms with van der Waals surface area (Å²) >= 11 is 0. The van der Waals surface area contributed by atoms with Crippen molar-refractivity contribution in [3.05, 3.63) is 36.0 Å². The van der Waals surface area contributed by atoms with Crippen molar-refractivity contribution < 1.29 is 15.0 Å². The van der Waals surface area contributed by atoms with Crippen LogP contribution in [0.2, 0.25) is 0 Å². The number of carbonyl (C=O) groups excluding carboxylic acids is 1. The van der Waals surface area contributed by atoms with E-state index in [2.05, 4.69) is 27.0 Å². The zero-order valence-corrected chi connectivity index (χ0v) is 16.8. The summed E-state index contributed by atoms with van der Waals surface area (Å²) in [7, 11) is 0. The highest BCUT2D eigenvalue weighted by molar-refractivity contribution is 5.93. The molecule has 1 unspecified atom stereocenters. The highest BCUT2D eigenvalue weighted by Gasteiger charge is 2.60. The maximum absolute atomic E-state index is 12.1. The van der Waals surface area contributed by atoms with Crippen LogP contribution in [-0.4, -0.2) is 22.3 Å². The van der Waals surface area contributed by atoms with Gasteiger partial charge >= 0.3 is 0 Å². The molecule has 4 aliphatic rings. The van der Waals surface area contributed by atoms with Crippen molar-refractivity contribution in [3.8, 4) is 0 Å². The Morgan fingerprint density at radius 1 is 1.15 bits per heavy atom. The van der Waals surface area contributed by atoms with E-state index in [9.17, 15) is 15.0 Å². The summed E-state index contributed by atoms with van der Waals surface area (Å²) in [6.07, 6.45) is 8.37. The first-order valence-electron chi connectivity index (χ1n) is 10.7. The summed E-state index contributed by atoms with van der Waals surface area (Å²) in [5, 5.41) is 18.7. The summed E-state index contributed by atoms with van der Waals surface area (Å²) in [5.74, 6) is 2.39. The average molecular weight is 371 g/mol. The van der Waals surface area contributed by atoms with Gasteiger partial charge in [0, 0.05) is 6.42 Å². The highest BCUT2D eigenvalue weighted by atomic mass is 16.5. The van der Waals surface area contributed by atoms with Crippen molar-refractivity contribution in [2.45, 2.75) is 71.5 Å². The largest absolute Gasteiger partial charge is 0.368 e. The standard InChI is InChI=1S/C24H34O3/c1-14-15(2)22-18-7-5-16(6-8-21(26)27)23(18,3)12-10-19(22)24(4)11-9-17(25)13-20(14)24/h13,16,18-19,21-22,26-27H,1-2,5-12H2,3-4H3/t16?,18-,19+,22-,23+,24+/m0/s1. The zero-order valence-electron chi connectivity index (χ0n) is 16.8. The number of hydrogen-bond acceptors (Lipinski definition) is 3. The number of allylic oxidation sites excluding steroid dienone is 3. The van der Waals surface area contributed by atoms with Crippen LogP contribution < -0.4 is 0 Å². The Labute approximate surface area is 163 Å². The number of fused-ring (bicyclic) bond motifs is 5. The van der Waals surface area contributed by atoms with Crippen LogP contribution in [0.4, 0.5) is 0 Å². The molecular formula is C24H34O3. The molecule has 0 bridgehead atoms. The molecule has 0 heterocycles. The number of aliphatic hydroxyl groups excluding tert-OH is 1. The Bertz CT molecular complexity index is 717. The lowest BCUT2D eigenvalue weighted by molar-refractivity contribution is -0.116. The number of hydrogen-bond donors (Lipinski definition) is 2. The van der Waals surface area contributed by atoms with E-state index in [4.69, 9.17) is 0 Å². The number of rotatable bonds is 3. The number of carbonyl (C=O) groups is 1. The molecular weight excluding hydrogens is 336 g/mol. The van der Waals surface area contributed by atoms with Crippen LogP contribution in [0, 0.1) is 34.5 Å². The molecule has 0 aromatic heterocycles. The van der Waals surface area contributed by atoms with E-state index in [0.29, 0.717) is 36.5 Å². The van der Waals surface area contributed by atoms with Crippen LogP contribution in [0.15, 0.2) is 36.0 Å². The van der Waals surface area contributed by atoms with E-state index >= 15 is 0 Å². The van der Waals surface area contributed by atoms with Gasteiger partial charge in [0.25, 0.3) is 0 Å². The quantitative estimate of drug-likeness (QED) is 0.716. The lowest BCUT2D eigenvalue weighted by atomic mass is 9.45. The third-order valence-electron chi connectivity index (χ3n) is 8.98. The molecule has 6 atom stereocenters. The molecule has 3 saturated carbocycles. The third kappa shape index (κ3) is 2.73. The molecule has 0 radical (unpaired) electrons. The number of ketones is 1. The summed E-state index contributed by atoms with van der Waals surface area (Å²) in [5.41, 5.74) is 3.65. The summed E-state index contributed by atoms with van der Waals surface area (Å²) in [6.45, 7) is 13.7. The predicted molar refractivity (Wildman–Crippen MR) is 107 cm³/mol. The van der Waals surface area contributed by atoms with Crippen LogP contribution in [0.25, 0.3) is 0 Å². The van der Waals surface area contributed by atoms with E-state index in [1.54, 1.807) is 0 Å². The van der Waals surface area contributed by atoms with Crippen LogP contribution in [0.3, 0.4) is 0 Å². The maximum atomic E-state index is 12.1. The van der Waals surface area contributed by atoms with E-state index in [1.165, 1.54) is 25.7 Å². The normalized spacial score (nSPS) is 44.0. The summed E-state index contributed by atoms with van der Waals surface area (Å²) in [4.78, 5) is 12.1. The van der Waals surface area contributed by atoms with Gasteiger partial charge in [0.15, 0.2) is 12.1 Å². The van der Waals surface area contributed by atoms with E-state index in [1.807, 2.05) is 6.08 Å². The van der Waals surface area contributed by atoms with Gasteiger partial charge < -0.3 is 10.2 Å². The summed E-state index contributed by atoms with van der Waals surface area (Å²) < 4.78 is 0. The Balaban J connectivity index is 1.67. The van der Waals surface area contributed by atoms with Gasteiger partial charge in [-0.15, -0.1) is 0 Å². The molecule has 0 aliphatic heterocycles. The molecule has 3 nitrogen and oxygen atoms in total. The first-order valence-corrected chi connectivity index (χ1v) is 10.7. The smallest absolute Gasteiger partial charge is 0.156 e. The molecule has 4 aliphatic carbocycles. The SMILES string of the molecule is C=C1C(=C)[C@@H]2[C@@H](CC[C@]3(C)C(CCC(O)O)CC[C@@H]23)[C@@]2(C)CCC(=O)C=C12. The molecule has 148 valence electrons. The van der Waals surface area contributed by atoms with Crippen LogP contribution in [-0.2, 0) is 4.79 Å². The van der Waals surface area contributed by atoms with Gasteiger partial charge in [-0.2, -0.15) is 0 Å². The molecule has 0 amide bonds. The highest BCUT2D eigenvalue weighted by Crippen LogP contribution is 2.68. The van der Waals surface area contributed by atoms with Crippen molar-refractivity contribution in [1.82, 2.24) is 0 Å². The first kappa shape index (κ1) is 19.1. The van der Waals surface area contributed by atoms with Crippen LogP contribution in [0.5, 0.6) is 0 Å². The van der Waals surface area contributed by atoms with Crippen molar-refractivity contribution in [1.29, 1.82) is 0 Å². The zero-order chi connectivity index (χ0) is 19.6. The first-order chi connectivity index (χ1) is 12.7. The molecule has 0 aromatic carbocycles. The van der Waals surface area contributed by atoms with Gasteiger partial charge in [-0.05, 0) is 102 Å². The minimum atomic E-state index is -1.19. The Morgan fingerprint density at radius 3 is 2.59 bits per heavy atom. The van der Waals surface area contributed by atoms with Crippen molar-refractivity contribution >= 4 is 5.78 Å². The van der Waals surface area contributed by atoms with Gasteiger partial charge in [0.1, 0.15) is 0 Å². The van der Waals surface area contributed by atoms with Gasteiger partial charge in [-0.1, -0.05) is 27.0 Å². The third-order valence-corrected chi connectivity index (χ3v) is 8.98. The minimum absolute atomic E-state index is 0.0531. The molecule has 4 rings (SSSR count). The second-order valence-corrected chi connectivity index (χ2v) is 10.1. The molecule has 0 aromatic rings. The van der Waals surface area contributed by atoms with Crippen molar-refractivity contribution in [3.63, 3.8) is 0 Å². The average Bonchev–Trinajstić information content (AvgIpc) is 2.95. The lowest BCUT2D eigenvalue weighted by Crippen LogP contribution is -2.51. The van der Waals surface area contributed by atoms with Gasteiger partial charge in [-0.25, -0.2) is 0 Å². The van der Waals surface area contributed by atoms with Gasteiger partial charge in [0.2, 0.25) is 0 Å². The Kier molecular flexibility index (Phi) is 4.55. The van der Waals surface area contributed by atoms with Crippen molar-refractivity contribution in [2.24, 2.45) is 34.5 Å². The summed E-state index contributed by atoms with van der Waals surface area (Å²) in [6, 6.07) is 0. The maximum Gasteiger partial charge on any atom is 0.156 e. The molecule has 0 saturated heterocycles. The van der Waals surface area contributed by atoms with Gasteiger partial charge in [0.05, 0.1) is 0 Å². The Morgan fingerprint density at radius 2 is 1.89 bits per heavy atom. The monoisotopic (exact) mass is 370 g/mol. The fraction of sp³-hybridized carbons (Fsp3) is 0.708.